The second kappa shape index (κ2) is 7.63. The van der Waals surface area contributed by atoms with Gasteiger partial charge in [0.15, 0.2) is 11.4 Å². The van der Waals surface area contributed by atoms with Crippen LogP contribution < -0.4 is 10.2 Å². The molecule has 3 aromatic rings. The number of anilines is 2. The van der Waals surface area contributed by atoms with Crippen molar-refractivity contribution in [1.82, 2.24) is 15.0 Å². The van der Waals surface area contributed by atoms with E-state index in [0.717, 1.165) is 60.9 Å². The molecular formula is C22H26FN5O. The molecule has 2 fully saturated rings. The van der Waals surface area contributed by atoms with Crippen LogP contribution in [0.1, 0.15) is 18.4 Å². The Hall–Kier alpha value is -2.67. The Balaban J connectivity index is 1.19. The number of nitrogens with zero attached hydrogens (tertiary/aromatic N) is 4. The molecule has 29 heavy (non-hydrogen) atoms. The third kappa shape index (κ3) is 3.67. The fourth-order valence-corrected chi connectivity index (χ4v) is 4.68. The molecule has 1 aromatic carbocycles. The van der Waals surface area contributed by atoms with Crippen LogP contribution in [0.2, 0.25) is 0 Å². The summed E-state index contributed by atoms with van der Waals surface area (Å²) in [5.74, 6) is 2.06. The monoisotopic (exact) mass is 395 g/mol. The molecule has 4 heterocycles. The molecule has 152 valence electrons. The van der Waals surface area contributed by atoms with E-state index in [0.29, 0.717) is 12.0 Å². The lowest BCUT2D eigenvalue weighted by atomic mass is 9.91. The van der Waals surface area contributed by atoms with Gasteiger partial charge in [-0.2, -0.15) is 0 Å². The fraction of sp³-hybridized carbons (Fsp3) is 0.455. The summed E-state index contributed by atoms with van der Waals surface area (Å²) in [5, 5.41) is 8.86. The van der Waals surface area contributed by atoms with Gasteiger partial charge in [0.2, 0.25) is 0 Å². The number of aromatic nitrogens is 2. The third-order valence-electron chi connectivity index (χ3n) is 6.27. The van der Waals surface area contributed by atoms with Gasteiger partial charge < -0.3 is 14.7 Å². The van der Waals surface area contributed by atoms with Crippen LogP contribution in [0.25, 0.3) is 11.0 Å². The van der Waals surface area contributed by atoms with Crippen LogP contribution in [-0.2, 0) is 0 Å². The summed E-state index contributed by atoms with van der Waals surface area (Å²) in [7, 11) is 0. The quantitative estimate of drug-likeness (QED) is 0.727. The summed E-state index contributed by atoms with van der Waals surface area (Å²) >= 11 is 0. The molecule has 0 radical (unpaired) electrons. The van der Waals surface area contributed by atoms with Gasteiger partial charge in [-0.1, -0.05) is 17.3 Å². The van der Waals surface area contributed by atoms with Gasteiger partial charge in [-0.05, 0) is 49.4 Å². The van der Waals surface area contributed by atoms with Crippen LogP contribution in [0.15, 0.2) is 41.1 Å². The number of para-hydroxylation sites is 1. The summed E-state index contributed by atoms with van der Waals surface area (Å²) in [4.78, 5) is 9.17. The van der Waals surface area contributed by atoms with E-state index >= 15 is 0 Å². The summed E-state index contributed by atoms with van der Waals surface area (Å²) in [6, 6.07) is 10.2. The van der Waals surface area contributed by atoms with E-state index in [9.17, 15) is 4.39 Å². The van der Waals surface area contributed by atoms with Crippen molar-refractivity contribution in [2.45, 2.75) is 25.8 Å². The normalized spacial score (nSPS) is 22.6. The maximum atomic E-state index is 13.2. The van der Waals surface area contributed by atoms with Gasteiger partial charge in [-0.3, -0.25) is 4.90 Å². The molecule has 2 atom stereocenters. The van der Waals surface area contributed by atoms with E-state index < -0.39 is 0 Å². The van der Waals surface area contributed by atoms with Gasteiger partial charge >= 0.3 is 0 Å². The number of aryl methyl sites for hydroxylation is 1. The number of halogens is 1. The van der Waals surface area contributed by atoms with Crippen LogP contribution in [0.5, 0.6) is 0 Å². The molecule has 2 aromatic heterocycles. The Morgan fingerprint density at radius 3 is 3.00 bits per heavy atom. The maximum Gasteiger partial charge on any atom is 0.180 e. The van der Waals surface area contributed by atoms with Crippen molar-refractivity contribution >= 4 is 22.6 Å². The first-order chi connectivity index (χ1) is 14.2. The smallest absolute Gasteiger partial charge is 0.180 e. The van der Waals surface area contributed by atoms with E-state index in [-0.39, 0.29) is 5.82 Å². The average Bonchev–Trinajstić information content (AvgIpc) is 3.17. The summed E-state index contributed by atoms with van der Waals surface area (Å²) < 4.78 is 18.7. The van der Waals surface area contributed by atoms with Crippen LogP contribution >= 0.6 is 0 Å². The summed E-state index contributed by atoms with van der Waals surface area (Å²) in [6.45, 7) is 6.85. The van der Waals surface area contributed by atoms with Gasteiger partial charge in [0.05, 0.1) is 11.6 Å². The number of pyridine rings is 1. The molecule has 0 bridgehead atoms. The van der Waals surface area contributed by atoms with E-state index in [1.165, 1.54) is 25.1 Å². The predicted molar refractivity (Wildman–Crippen MR) is 112 cm³/mol. The highest BCUT2D eigenvalue weighted by atomic mass is 19.1. The number of fused-ring (bicyclic) bond motifs is 2. The number of piperazine rings is 1. The van der Waals surface area contributed by atoms with Gasteiger partial charge in [-0.15, -0.1) is 0 Å². The Morgan fingerprint density at radius 1 is 1.21 bits per heavy atom. The van der Waals surface area contributed by atoms with Crippen molar-refractivity contribution in [1.29, 1.82) is 0 Å². The number of rotatable bonds is 4. The SMILES string of the molecule is Cc1cc(F)cnc1NCC1CCC2CN(c3noc4ccccc34)CCN2C1. The molecule has 6 nitrogen and oxygen atoms in total. The zero-order valence-electron chi connectivity index (χ0n) is 16.6. The molecule has 0 spiro atoms. The second-order valence-electron chi connectivity index (χ2n) is 8.24. The lowest BCUT2D eigenvalue weighted by Crippen LogP contribution is -2.57. The molecule has 2 aliphatic heterocycles. The first kappa shape index (κ1) is 18.4. The fourth-order valence-electron chi connectivity index (χ4n) is 4.68. The molecule has 2 aliphatic rings. The lowest BCUT2D eigenvalue weighted by Gasteiger charge is -2.46. The molecule has 5 rings (SSSR count). The summed E-state index contributed by atoms with van der Waals surface area (Å²) in [5.41, 5.74) is 1.71. The Morgan fingerprint density at radius 2 is 2.10 bits per heavy atom. The minimum Gasteiger partial charge on any atom is -0.370 e. The van der Waals surface area contributed by atoms with Crippen LogP contribution in [0.4, 0.5) is 16.0 Å². The number of hydrogen-bond donors (Lipinski definition) is 1. The van der Waals surface area contributed by atoms with Gasteiger partial charge in [0, 0.05) is 38.8 Å². The Labute approximate surface area is 169 Å². The maximum absolute atomic E-state index is 13.2. The van der Waals surface area contributed by atoms with Crippen LogP contribution in [-0.4, -0.2) is 53.8 Å². The molecule has 7 heteroatoms. The topological polar surface area (TPSA) is 57.4 Å². The predicted octanol–water partition coefficient (Wildman–Crippen LogP) is 3.68. The highest BCUT2D eigenvalue weighted by Crippen LogP contribution is 2.31. The minimum atomic E-state index is -0.286. The average molecular weight is 395 g/mol. The van der Waals surface area contributed by atoms with Gasteiger partial charge in [0.25, 0.3) is 0 Å². The van der Waals surface area contributed by atoms with Crippen LogP contribution in [0, 0.1) is 18.7 Å². The zero-order valence-corrected chi connectivity index (χ0v) is 16.6. The first-order valence-electron chi connectivity index (χ1n) is 10.4. The van der Waals surface area contributed by atoms with Crippen molar-refractivity contribution in [2.24, 2.45) is 5.92 Å². The van der Waals surface area contributed by atoms with E-state index in [4.69, 9.17) is 4.52 Å². The summed E-state index contributed by atoms with van der Waals surface area (Å²) in [6.07, 6.45) is 3.63. The number of hydrogen-bond acceptors (Lipinski definition) is 6. The lowest BCUT2D eigenvalue weighted by molar-refractivity contribution is 0.0994. The first-order valence-corrected chi connectivity index (χ1v) is 10.4. The van der Waals surface area contributed by atoms with Crippen molar-refractivity contribution in [3.63, 3.8) is 0 Å². The third-order valence-corrected chi connectivity index (χ3v) is 6.27. The number of nitrogens with one attached hydrogen (secondary N) is 1. The standard InChI is InChI=1S/C22H26FN5O/c1-15-10-17(23)12-25-21(15)24-11-16-6-7-18-14-28(9-8-27(18)13-16)22-19-4-2-3-5-20(19)29-26-22/h2-5,10,12,16,18H,6-9,11,13-14H2,1H3,(H,24,25). The zero-order chi connectivity index (χ0) is 19.8. The highest BCUT2D eigenvalue weighted by Gasteiger charge is 2.34. The van der Waals surface area contributed by atoms with Crippen molar-refractivity contribution in [2.75, 3.05) is 42.9 Å². The van der Waals surface area contributed by atoms with Crippen molar-refractivity contribution < 1.29 is 8.91 Å². The molecule has 0 saturated carbocycles. The molecule has 0 amide bonds. The molecule has 1 N–H and O–H groups in total. The highest BCUT2D eigenvalue weighted by molar-refractivity contribution is 5.88. The van der Waals surface area contributed by atoms with E-state index in [2.05, 4.69) is 31.3 Å². The molecular weight excluding hydrogens is 369 g/mol. The van der Waals surface area contributed by atoms with Gasteiger partial charge in [-0.25, -0.2) is 9.37 Å². The van der Waals surface area contributed by atoms with E-state index in [1.807, 2.05) is 25.1 Å². The second-order valence-corrected chi connectivity index (χ2v) is 8.24. The largest absolute Gasteiger partial charge is 0.370 e. The number of benzene rings is 1. The van der Waals surface area contributed by atoms with Crippen molar-refractivity contribution in [3.8, 4) is 0 Å². The minimum absolute atomic E-state index is 0.286. The Kier molecular flexibility index (Phi) is 4.83. The van der Waals surface area contributed by atoms with Gasteiger partial charge in [0.1, 0.15) is 11.6 Å². The number of piperidine rings is 1. The van der Waals surface area contributed by atoms with Crippen molar-refractivity contribution in [3.05, 3.63) is 47.9 Å². The molecule has 2 saturated heterocycles. The van der Waals surface area contributed by atoms with E-state index in [1.54, 1.807) is 0 Å². The Bertz CT molecular complexity index is 1010. The molecule has 2 unspecified atom stereocenters. The van der Waals surface area contributed by atoms with Crippen LogP contribution in [0.3, 0.4) is 0 Å². The molecule has 0 aliphatic carbocycles.